The maximum absolute atomic E-state index is 12.0. The summed E-state index contributed by atoms with van der Waals surface area (Å²) >= 11 is 9.61. The van der Waals surface area contributed by atoms with Crippen LogP contribution in [-0.2, 0) is 4.79 Å². The molecule has 0 N–H and O–H groups in total. The van der Waals surface area contributed by atoms with Crippen molar-refractivity contribution in [2.75, 3.05) is 16.8 Å². The van der Waals surface area contributed by atoms with Gasteiger partial charge in [0.25, 0.3) is 11.7 Å². The molecular formula is C13H11BrClNO2. The largest absolute Gasteiger partial charge is 0.303 e. The highest BCUT2D eigenvalue weighted by Gasteiger charge is 2.47. The SMILES string of the molecule is O=C1C(=O)N(CC2(CBr)CC2)c2c(Cl)cccc21. The average Bonchev–Trinajstić information content (AvgIpc) is 3.10. The highest BCUT2D eigenvalue weighted by Crippen LogP contribution is 2.49. The summed E-state index contributed by atoms with van der Waals surface area (Å²) in [7, 11) is 0. The predicted molar refractivity (Wildman–Crippen MR) is 73.6 cm³/mol. The molecule has 1 aliphatic heterocycles. The molecule has 5 heteroatoms. The Labute approximate surface area is 118 Å². The molecule has 1 saturated carbocycles. The van der Waals surface area contributed by atoms with Crippen LogP contribution in [0.1, 0.15) is 23.2 Å². The van der Waals surface area contributed by atoms with Gasteiger partial charge in [-0.3, -0.25) is 9.59 Å². The smallest absolute Gasteiger partial charge is 0.299 e. The first kappa shape index (κ1) is 12.2. The number of ketones is 1. The fraction of sp³-hybridized carbons (Fsp3) is 0.385. The number of nitrogens with zero attached hydrogens (tertiary/aromatic N) is 1. The van der Waals surface area contributed by atoms with Crippen LogP contribution in [0.4, 0.5) is 5.69 Å². The van der Waals surface area contributed by atoms with Gasteiger partial charge >= 0.3 is 0 Å². The number of carbonyl (C=O) groups is 2. The van der Waals surface area contributed by atoms with E-state index in [2.05, 4.69) is 15.9 Å². The Morgan fingerprint density at radius 1 is 1.33 bits per heavy atom. The minimum atomic E-state index is -0.453. The fourth-order valence-corrected chi connectivity index (χ4v) is 3.32. The zero-order valence-corrected chi connectivity index (χ0v) is 11.9. The second kappa shape index (κ2) is 4.07. The van der Waals surface area contributed by atoms with Crippen molar-refractivity contribution >= 4 is 44.9 Å². The third kappa shape index (κ3) is 1.70. The lowest BCUT2D eigenvalue weighted by Gasteiger charge is -2.22. The van der Waals surface area contributed by atoms with Gasteiger partial charge in [0.1, 0.15) is 0 Å². The minimum absolute atomic E-state index is 0.122. The van der Waals surface area contributed by atoms with Gasteiger partial charge in [-0.15, -0.1) is 0 Å². The summed E-state index contributed by atoms with van der Waals surface area (Å²) in [6, 6.07) is 5.08. The molecule has 0 radical (unpaired) electrons. The average molecular weight is 329 g/mol. The monoisotopic (exact) mass is 327 g/mol. The van der Waals surface area contributed by atoms with Crippen molar-refractivity contribution in [1.82, 2.24) is 0 Å². The van der Waals surface area contributed by atoms with Crippen molar-refractivity contribution in [2.24, 2.45) is 5.41 Å². The van der Waals surface area contributed by atoms with Crippen molar-refractivity contribution in [2.45, 2.75) is 12.8 Å². The minimum Gasteiger partial charge on any atom is -0.303 e. The molecule has 1 aromatic carbocycles. The lowest BCUT2D eigenvalue weighted by Crippen LogP contribution is -2.35. The zero-order chi connectivity index (χ0) is 12.9. The van der Waals surface area contributed by atoms with E-state index in [1.54, 1.807) is 23.1 Å². The molecule has 94 valence electrons. The highest BCUT2D eigenvalue weighted by molar-refractivity contribution is 9.09. The van der Waals surface area contributed by atoms with Gasteiger partial charge in [0.2, 0.25) is 0 Å². The van der Waals surface area contributed by atoms with Gasteiger partial charge in [-0.25, -0.2) is 0 Å². The van der Waals surface area contributed by atoms with E-state index >= 15 is 0 Å². The van der Waals surface area contributed by atoms with Gasteiger partial charge in [-0.1, -0.05) is 33.6 Å². The Bertz CT molecular complexity index is 554. The molecule has 3 rings (SSSR count). The Kier molecular flexibility index (Phi) is 2.75. The molecule has 1 heterocycles. The van der Waals surface area contributed by atoms with Crippen LogP contribution in [0.25, 0.3) is 0 Å². The van der Waals surface area contributed by atoms with Crippen LogP contribution in [0.3, 0.4) is 0 Å². The first-order chi connectivity index (χ1) is 8.58. The summed E-state index contributed by atoms with van der Waals surface area (Å²) in [4.78, 5) is 25.5. The molecule has 3 nitrogen and oxygen atoms in total. The Balaban J connectivity index is 2.02. The lowest BCUT2D eigenvalue weighted by molar-refractivity contribution is -0.114. The number of fused-ring (bicyclic) bond motifs is 1. The molecule has 18 heavy (non-hydrogen) atoms. The summed E-state index contributed by atoms with van der Waals surface area (Å²) in [5, 5.41) is 1.31. The number of para-hydroxylation sites is 1. The maximum Gasteiger partial charge on any atom is 0.299 e. The van der Waals surface area contributed by atoms with E-state index in [4.69, 9.17) is 11.6 Å². The van der Waals surface area contributed by atoms with E-state index in [0.717, 1.165) is 18.2 Å². The van der Waals surface area contributed by atoms with E-state index in [0.29, 0.717) is 22.8 Å². The zero-order valence-electron chi connectivity index (χ0n) is 9.58. The second-order valence-corrected chi connectivity index (χ2v) is 5.96. The summed E-state index contributed by atoms with van der Waals surface area (Å²) < 4.78 is 0. The number of Topliss-reactive ketones (excluding diaryl/α,β-unsaturated/α-hetero) is 1. The quantitative estimate of drug-likeness (QED) is 0.632. The molecule has 0 bridgehead atoms. The summed E-state index contributed by atoms with van der Waals surface area (Å²) in [6.07, 6.45) is 2.16. The molecule has 0 atom stereocenters. The van der Waals surface area contributed by atoms with Crippen LogP contribution >= 0.6 is 27.5 Å². The number of amides is 1. The topological polar surface area (TPSA) is 37.4 Å². The molecule has 0 aromatic heterocycles. The van der Waals surface area contributed by atoms with Crippen molar-refractivity contribution in [1.29, 1.82) is 0 Å². The predicted octanol–water partition coefficient (Wildman–Crippen LogP) is 3.04. The number of rotatable bonds is 3. The van der Waals surface area contributed by atoms with E-state index in [9.17, 15) is 9.59 Å². The van der Waals surface area contributed by atoms with Crippen LogP contribution in [-0.4, -0.2) is 23.6 Å². The van der Waals surface area contributed by atoms with Crippen LogP contribution in [0.5, 0.6) is 0 Å². The van der Waals surface area contributed by atoms with E-state index in [1.165, 1.54) is 0 Å². The number of hydrogen-bond donors (Lipinski definition) is 0. The Morgan fingerprint density at radius 3 is 2.67 bits per heavy atom. The molecule has 0 spiro atoms. The number of halogens is 2. The molecule has 0 unspecified atom stereocenters. The molecule has 0 saturated heterocycles. The number of anilines is 1. The third-order valence-electron chi connectivity index (χ3n) is 3.67. The standard InChI is InChI=1S/C13H11BrClNO2/c14-6-13(4-5-13)7-16-10-8(11(17)12(16)18)2-1-3-9(10)15/h1-3H,4-7H2. The fourth-order valence-electron chi connectivity index (χ4n) is 2.31. The lowest BCUT2D eigenvalue weighted by atomic mass is 10.1. The Hall–Kier alpha value is -0.870. The van der Waals surface area contributed by atoms with Gasteiger partial charge < -0.3 is 4.90 Å². The first-order valence-corrected chi connectivity index (χ1v) is 7.29. The highest BCUT2D eigenvalue weighted by atomic mass is 79.9. The van der Waals surface area contributed by atoms with E-state index in [-0.39, 0.29) is 5.41 Å². The molecular weight excluding hydrogens is 318 g/mol. The summed E-state index contributed by atoms with van der Waals surface area (Å²) in [5.41, 5.74) is 1.13. The molecule has 1 aliphatic carbocycles. The number of carbonyl (C=O) groups excluding carboxylic acids is 2. The molecule has 1 aromatic rings. The number of alkyl halides is 1. The van der Waals surface area contributed by atoms with Crippen LogP contribution < -0.4 is 4.90 Å². The summed E-state index contributed by atoms with van der Waals surface area (Å²) in [5.74, 6) is -0.900. The molecule has 1 fully saturated rings. The first-order valence-electron chi connectivity index (χ1n) is 5.79. The van der Waals surface area contributed by atoms with Gasteiger partial charge in [-0.2, -0.15) is 0 Å². The number of hydrogen-bond acceptors (Lipinski definition) is 2. The van der Waals surface area contributed by atoms with Crippen molar-refractivity contribution < 1.29 is 9.59 Å². The molecule has 1 amide bonds. The van der Waals surface area contributed by atoms with Crippen LogP contribution in [0.2, 0.25) is 5.02 Å². The molecule has 2 aliphatic rings. The van der Waals surface area contributed by atoms with Crippen LogP contribution in [0, 0.1) is 5.41 Å². The number of benzene rings is 1. The van der Waals surface area contributed by atoms with Gasteiger partial charge in [-0.05, 0) is 30.4 Å². The Morgan fingerprint density at radius 2 is 2.06 bits per heavy atom. The van der Waals surface area contributed by atoms with Crippen LogP contribution in [0.15, 0.2) is 18.2 Å². The normalized spacial score (nSPS) is 20.2. The summed E-state index contributed by atoms with van der Waals surface area (Å²) in [6.45, 7) is 0.569. The van der Waals surface area contributed by atoms with Crippen molar-refractivity contribution in [3.8, 4) is 0 Å². The third-order valence-corrected chi connectivity index (χ3v) is 5.17. The van der Waals surface area contributed by atoms with Crippen molar-refractivity contribution in [3.05, 3.63) is 28.8 Å². The van der Waals surface area contributed by atoms with Gasteiger partial charge in [0, 0.05) is 11.9 Å². The van der Waals surface area contributed by atoms with E-state index < -0.39 is 11.7 Å². The maximum atomic E-state index is 12.0. The second-order valence-electron chi connectivity index (χ2n) is 4.99. The van der Waals surface area contributed by atoms with Crippen molar-refractivity contribution in [3.63, 3.8) is 0 Å². The van der Waals surface area contributed by atoms with E-state index in [1.807, 2.05) is 0 Å². The van der Waals surface area contributed by atoms with Gasteiger partial charge in [0.15, 0.2) is 0 Å². The van der Waals surface area contributed by atoms with Gasteiger partial charge in [0.05, 0.1) is 16.3 Å².